The van der Waals surface area contributed by atoms with Gasteiger partial charge in [0, 0.05) is 40.1 Å². The van der Waals surface area contributed by atoms with Gasteiger partial charge in [-0.3, -0.25) is 0 Å². The Morgan fingerprint density at radius 2 is 1.82 bits per heavy atom. The van der Waals surface area contributed by atoms with Gasteiger partial charge in [-0.1, -0.05) is 17.7 Å². The van der Waals surface area contributed by atoms with E-state index in [0.29, 0.717) is 17.5 Å². The molecule has 0 unspecified atom stereocenters. The molecule has 2 aliphatic rings. The number of benzene rings is 1. The highest BCUT2D eigenvalue weighted by Gasteiger charge is 2.37. The Morgan fingerprint density at radius 1 is 1.14 bits per heavy atom. The molecule has 2 aromatic heterocycles. The fourth-order valence-electron chi connectivity index (χ4n) is 4.11. The van der Waals surface area contributed by atoms with Crippen molar-refractivity contribution in [1.29, 1.82) is 0 Å². The highest BCUT2D eigenvalue weighted by Crippen LogP contribution is 2.34. The molecule has 0 aliphatic carbocycles. The third kappa shape index (κ3) is 2.93. The van der Waals surface area contributed by atoms with Crippen LogP contribution in [0.2, 0.25) is 0 Å². The van der Waals surface area contributed by atoms with Crippen LogP contribution >= 0.6 is 22.6 Å². The van der Waals surface area contributed by atoms with Crippen LogP contribution in [0.25, 0.3) is 11.0 Å². The van der Waals surface area contributed by atoms with Crippen LogP contribution in [0.15, 0.2) is 47.6 Å². The number of nitrogens with zero attached hydrogens (tertiary/aromatic N) is 3. The van der Waals surface area contributed by atoms with Gasteiger partial charge in [-0.2, -0.15) is 0 Å². The molecule has 6 nitrogen and oxygen atoms in total. The Morgan fingerprint density at radius 3 is 2.50 bits per heavy atom. The SMILES string of the molecule is Cc1ccc(S(=O)(=O)n2cc(I)c3cc(N4C[C@H]5COC[C@H]5C4)cnc32)cc1. The summed E-state index contributed by atoms with van der Waals surface area (Å²) in [7, 11) is -3.69. The van der Waals surface area contributed by atoms with E-state index in [0.717, 1.165) is 46.5 Å². The third-order valence-electron chi connectivity index (χ3n) is 5.73. The maximum absolute atomic E-state index is 13.1. The molecule has 0 saturated carbocycles. The van der Waals surface area contributed by atoms with E-state index in [1.165, 1.54) is 3.97 Å². The number of fused-ring (bicyclic) bond motifs is 2. The first-order valence-corrected chi connectivity index (χ1v) is 11.8. The Bertz CT molecular complexity index is 1150. The predicted molar refractivity (Wildman–Crippen MR) is 116 cm³/mol. The molecule has 0 spiro atoms. The summed E-state index contributed by atoms with van der Waals surface area (Å²) in [6.45, 7) is 5.54. The molecule has 8 heteroatoms. The molecule has 146 valence electrons. The normalized spacial score (nSPS) is 22.1. The van der Waals surface area contributed by atoms with E-state index >= 15 is 0 Å². The number of pyridine rings is 1. The average Bonchev–Trinajstić information content (AvgIpc) is 3.35. The molecule has 2 saturated heterocycles. The highest BCUT2D eigenvalue weighted by molar-refractivity contribution is 14.1. The van der Waals surface area contributed by atoms with Crippen molar-refractivity contribution in [1.82, 2.24) is 8.96 Å². The van der Waals surface area contributed by atoms with Crippen molar-refractivity contribution in [3.8, 4) is 0 Å². The first kappa shape index (κ1) is 18.4. The van der Waals surface area contributed by atoms with Crippen LogP contribution in [0.3, 0.4) is 0 Å². The van der Waals surface area contributed by atoms with E-state index in [4.69, 9.17) is 4.74 Å². The lowest BCUT2D eigenvalue weighted by Crippen LogP contribution is -2.22. The fraction of sp³-hybridized carbons (Fsp3) is 0.350. The smallest absolute Gasteiger partial charge is 0.269 e. The minimum absolute atomic E-state index is 0.268. The minimum Gasteiger partial charge on any atom is -0.381 e. The number of aromatic nitrogens is 2. The minimum atomic E-state index is -3.69. The second-order valence-electron chi connectivity index (χ2n) is 7.62. The van der Waals surface area contributed by atoms with E-state index in [1.54, 1.807) is 24.5 Å². The molecule has 2 aliphatic heterocycles. The van der Waals surface area contributed by atoms with Gasteiger partial charge in [-0.25, -0.2) is 17.4 Å². The van der Waals surface area contributed by atoms with Gasteiger partial charge in [0.1, 0.15) is 0 Å². The zero-order valence-electron chi connectivity index (χ0n) is 15.4. The summed E-state index contributed by atoms with van der Waals surface area (Å²) < 4.78 is 34.0. The molecule has 2 atom stereocenters. The van der Waals surface area contributed by atoms with Crippen LogP contribution in [-0.4, -0.2) is 43.7 Å². The maximum atomic E-state index is 13.1. The Kier molecular flexibility index (Phi) is 4.40. The van der Waals surface area contributed by atoms with Crippen LogP contribution in [0.1, 0.15) is 5.56 Å². The van der Waals surface area contributed by atoms with Gasteiger partial charge >= 0.3 is 0 Å². The molecule has 28 heavy (non-hydrogen) atoms. The van der Waals surface area contributed by atoms with Gasteiger partial charge in [0.25, 0.3) is 10.0 Å². The zero-order chi connectivity index (χ0) is 19.5. The summed E-state index contributed by atoms with van der Waals surface area (Å²) in [6.07, 6.45) is 3.45. The molecular weight excluding hydrogens is 489 g/mol. The number of aryl methyl sites for hydroxylation is 1. The highest BCUT2D eigenvalue weighted by atomic mass is 127. The van der Waals surface area contributed by atoms with Crippen LogP contribution in [0.5, 0.6) is 0 Å². The molecule has 0 bridgehead atoms. The van der Waals surface area contributed by atoms with Gasteiger partial charge in [0.2, 0.25) is 0 Å². The first-order valence-electron chi connectivity index (χ1n) is 9.25. The van der Waals surface area contributed by atoms with Gasteiger partial charge in [-0.05, 0) is 47.7 Å². The van der Waals surface area contributed by atoms with Gasteiger partial charge in [0.15, 0.2) is 5.65 Å². The quantitative estimate of drug-likeness (QED) is 0.508. The van der Waals surface area contributed by atoms with Crippen molar-refractivity contribution in [2.75, 3.05) is 31.2 Å². The number of hydrogen-bond donors (Lipinski definition) is 0. The number of hydrogen-bond acceptors (Lipinski definition) is 5. The van der Waals surface area contributed by atoms with E-state index in [2.05, 4.69) is 38.5 Å². The van der Waals surface area contributed by atoms with Crippen molar-refractivity contribution in [2.24, 2.45) is 11.8 Å². The van der Waals surface area contributed by atoms with E-state index in [9.17, 15) is 8.42 Å². The molecular formula is C20H20IN3O3S. The number of halogens is 1. The summed E-state index contributed by atoms with van der Waals surface area (Å²) in [5, 5.41) is 0.863. The summed E-state index contributed by atoms with van der Waals surface area (Å²) in [5.74, 6) is 1.17. The second-order valence-corrected chi connectivity index (χ2v) is 10.6. The van der Waals surface area contributed by atoms with Crippen LogP contribution in [0, 0.1) is 22.3 Å². The molecule has 1 aromatic carbocycles. The molecule has 4 heterocycles. The zero-order valence-corrected chi connectivity index (χ0v) is 18.4. The predicted octanol–water partition coefficient (Wildman–Crippen LogP) is 3.27. The summed E-state index contributed by atoms with van der Waals surface area (Å²) in [5.41, 5.74) is 2.54. The van der Waals surface area contributed by atoms with Crippen molar-refractivity contribution >= 4 is 49.3 Å². The Hall–Kier alpha value is -1.65. The summed E-state index contributed by atoms with van der Waals surface area (Å²) in [6, 6.07) is 8.96. The standard InChI is InChI=1S/C20H20IN3O3S/c1-13-2-4-17(5-3-13)28(25,26)24-10-19(21)18-6-16(7-22-20(18)24)23-8-14-11-27-12-15(14)9-23/h2-7,10,14-15H,8-9,11-12H2,1H3/t14-,15+. The largest absolute Gasteiger partial charge is 0.381 e. The average molecular weight is 509 g/mol. The lowest BCUT2D eigenvalue weighted by atomic mass is 10.0. The number of ether oxygens (including phenoxy) is 1. The van der Waals surface area contributed by atoms with E-state index in [1.807, 2.05) is 19.1 Å². The van der Waals surface area contributed by atoms with Crippen LogP contribution < -0.4 is 4.90 Å². The van der Waals surface area contributed by atoms with Crippen LogP contribution in [0.4, 0.5) is 5.69 Å². The molecule has 0 amide bonds. The molecule has 3 aromatic rings. The topological polar surface area (TPSA) is 64.4 Å². The third-order valence-corrected chi connectivity index (χ3v) is 8.26. The molecule has 0 N–H and O–H groups in total. The second kappa shape index (κ2) is 6.70. The van der Waals surface area contributed by atoms with Crippen molar-refractivity contribution in [3.05, 3.63) is 51.9 Å². The lowest BCUT2D eigenvalue weighted by molar-refractivity contribution is 0.177. The van der Waals surface area contributed by atoms with Gasteiger partial charge in [-0.15, -0.1) is 0 Å². The molecule has 5 rings (SSSR count). The van der Waals surface area contributed by atoms with Gasteiger partial charge < -0.3 is 9.64 Å². The molecule has 2 fully saturated rings. The van der Waals surface area contributed by atoms with Gasteiger partial charge in [0.05, 0.1) is 30.0 Å². The fourth-order valence-corrected chi connectivity index (χ4v) is 6.30. The lowest BCUT2D eigenvalue weighted by Gasteiger charge is -2.19. The summed E-state index contributed by atoms with van der Waals surface area (Å²) >= 11 is 2.19. The van der Waals surface area contributed by atoms with Crippen molar-refractivity contribution < 1.29 is 13.2 Å². The van der Waals surface area contributed by atoms with Crippen LogP contribution in [-0.2, 0) is 14.8 Å². The number of anilines is 1. The van der Waals surface area contributed by atoms with Crippen molar-refractivity contribution in [2.45, 2.75) is 11.8 Å². The maximum Gasteiger partial charge on any atom is 0.269 e. The van der Waals surface area contributed by atoms with E-state index < -0.39 is 10.0 Å². The monoisotopic (exact) mass is 509 g/mol. The number of rotatable bonds is 3. The van der Waals surface area contributed by atoms with E-state index in [-0.39, 0.29) is 4.90 Å². The Labute approximate surface area is 177 Å². The molecule has 0 radical (unpaired) electrons. The first-order chi connectivity index (χ1) is 13.4. The summed E-state index contributed by atoms with van der Waals surface area (Å²) in [4.78, 5) is 7.16. The Balaban J connectivity index is 1.54. The van der Waals surface area contributed by atoms with Crippen molar-refractivity contribution in [3.63, 3.8) is 0 Å².